The first-order valence-electron chi connectivity index (χ1n) is 6.11. The van der Waals surface area contributed by atoms with Crippen LogP contribution in [0.1, 0.15) is 15.9 Å². The lowest BCUT2D eigenvalue weighted by Crippen LogP contribution is -2.19. The lowest BCUT2D eigenvalue weighted by atomic mass is 9.89. The molecule has 0 bridgehead atoms. The minimum absolute atomic E-state index is 0.381. The summed E-state index contributed by atoms with van der Waals surface area (Å²) in [5.74, 6) is 0.0969. The second-order valence-electron chi connectivity index (χ2n) is 4.48. The molecule has 0 heterocycles. The number of fused-ring (bicyclic) bond motifs is 3. The normalized spacial score (nSPS) is 14.0. The van der Waals surface area contributed by atoms with Crippen LogP contribution in [0.4, 0.5) is 0 Å². The number of rotatable bonds is 2. The van der Waals surface area contributed by atoms with Crippen LogP contribution in [0.5, 0.6) is 5.75 Å². The van der Waals surface area contributed by atoms with Crippen molar-refractivity contribution >= 4 is 28.1 Å². The molecule has 0 aliphatic heterocycles. The lowest BCUT2D eigenvalue weighted by molar-refractivity contribution is -0.111. The molecule has 0 saturated heterocycles. The predicted octanol–water partition coefficient (Wildman–Crippen LogP) is 2.60. The van der Waals surface area contributed by atoms with Crippen molar-refractivity contribution in [1.82, 2.24) is 0 Å². The third kappa shape index (κ3) is 1.69. The molecular weight excluding hydrogens is 256 g/mol. The van der Waals surface area contributed by atoms with Gasteiger partial charge in [0, 0.05) is 17.2 Å². The number of Topliss-reactive ketones (excluding diaryl/α,β-unsaturated/α-hetero) is 1. The first-order chi connectivity index (χ1) is 9.65. The molecule has 1 aliphatic carbocycles. The van der Waals surface area contributed by atoms with Crippen LogP contribution >= 0.6 is 0 Å². The van der Waals surface area contributed by atoms with Crippen molar-refractivity contribution < 1.29 is 19.1 Å². The van der Waals surface area contributed by atoms with E-state index in [0.29, 0.717) is 16.9 Å². The van der Waals surface area contributed by atoms with E-state index < -0.39 is 11.6 Å². The number of hydrogen-bond donors (Lipinski definition) is 0. The third-order valence-electron chi connectivity index (χ3n) is 3.42. The van der Waals surface area contributed by atoms with E-state index in [1.807, 2.05) is 18.2 Å². The van der Waals surface area contributed by atoms with Crippen LogP contribution in [0.15, 0.2) is 36.4 Å². The molecule has 0 aromatic heterocycles. The number of ketones is 2. The Morgan fingerprint density at radius 1 is 0.950 bits per heavy atom. The molecule has 1 aliphatic rings. The number of carbonyl (C=O) groups is 2. The molecule has 0 spiro atoms. The molecular formula is C16H12O4. The van der Waals surface area contributed by atoms with Crippen molar-refractivity contribution in [2.75, 3.05) is 14.2 Å². The van der Waals surface area contributed by atoms with Crippen molar-refractivity contribution in [2.45, 2.75) is 0 Å². The summed E-state index contributed by atoms with van der Waals surface area (Å²) in [5.41, 5.74) is 1.05. The SMILES string of the molecule is COC1=CC(=O)C(=O)c2ccc3cc(OC)ccc3c21. The summed E-state index contributed by atoms with van der Waals surface area (Å²) in [6.07, 6.45) is 1.24. The van der Waals surface area contributed by atoms with E-state index in [0.717, 1.165) is 16.5 Å². The molecule has 0 saturated carbocycles. The van der Waals surface area contributed by atoms with Crippen molar-refractivity contribution in [3.8, 4) is 5.75 Å². The Bertz CT molecular complexity index is 771. The first kappa shape index (κ1) is 12.4. The van der Waals surface area contributed by atoms with Gasteiger partial charge in [-0.25, -0.2) is 0 Å². The molecule has 20 heavy (non-hydrogen) atoms. The average Bonchev–Trinajstić information content (AvgIpc) is 2.49. The molecule has 0 radical (unpaired) electrons. The van der Waals surface area contributed by atoms with Gasteiger partial charge in [0.05, 0.1) is 14.2 Å². The molecule has 0 atom stereocenters. The van der Waals surface area contributed by atoms with E-state index in [9.17, 15) is 9.59 Å². The zero-order valence-corrected chi connectivity index (χ0v) is 11.1. The van der Waals surface area contributed by atoms with Gasteiger partial charge in [-0.3, -0.25) is 9.59 Å². The van der Waals surface area contributed by atoms with Crippen LogP contribution < -0.4 is 4.74 Å². The van der Waals surface area contributed by atoms with E-state index in [1.165, 1.54) is 13.2 Å². The van der Waals surface area contributed by atoms with Crippen LogP contribution in [0.25, 0.3) is 16.5 Å². The smallest absolute Gasteiger partial charge is 0.233 e. The maximum absolute atomic E-state index is 12.0. The lowest BCUT2D eigenvalue weighted by Gasteiger charge is -2.17. The highest BCUT2D eigenvalue weighted by Crippen LogP contribution is 2.34. The van der Waals surface area contributed by atoms with Gasteiger partial charge in [0.25, 0.3) is 0 Å². The molecule has 3 rings (SSSR count). The Labute approximate surface area is 115 Å². The van der Waals surface area contributed by atoms with Crippen molar-refractivity contribution in [2.24, 2.45) is 0 Å². The fourth-order valence-electron chi connectivity index (χ4n) is 2.44. The molecule has 0 unspecified atom stereocenters. The van der Waals surface area contributed by atoms with Gasteiger partial charge in [-0.1, -0.05) is 6.07 Å². The maximum atomic E-state index is 12.0. The van der Waals surface area contributed by atoms with Crippen molar-refractivity contribution in [3.05, 3.63) is 47.5 Å². The van der Waals surface area contributed by atoms with Crippen LogP contribution in [0.2, 0.25) is 0 Å². The van der Waals surface area contributed by atoms with Gasteiger partial charge in [-0.15, -0.1) is 0 Å². The van der Waals surface area contributed by atoms with Crippen LogP contribution in [-0.2, 0) is 9.53 Å². The van der Waals surface area contributed by atoms with Crippen molar-refractivity contribution in [3.63, 3.8) is 0 Å². The van der Waals surface area contributed by atoms with Gasteiger partial charge in [0.15, 0.2) is 0 Å². The fourth-order valence-corrected chi connectivity index (χ4v) is 2.44. The minimum atomic E-state index is -0.554. The number of allylic oxidation sites excluding steroid dienone is 1. The number of benzene rings is 2. The average molecular weight is 268 g/mol. The highest BCUT2D eigenvalue weighted by molar-refractivity contribution is 6.51. The highest BCUT2D eigenvalue weighted by atomic mass is 16.5. The third-order valence-corrected chi connectivity index (χ3v) is 3.42. The van der Waals surface area contributed by atoms with E-state index >= 15 is 0 Å². The summed E-state index contributed by atoms with van der Waals surface area (Å²) in [6.45, 7) is 0. The number of methoxy groups -OCH3 is 2. The van der Waals surface area contributed by atoms with E-state index in [4.69, 9.17) is 9.47 Å². The van der Waals surface area contributed by atoms with Gasteiger partial charge in [0.1, 0.15) is 11.5 Å². The zero-order chi connectivity index (χ0) is 14.3. The Morgan fingerprint density at radius 3 is 2.45 bits per heavy atom. The molecule has 2 aromatic rings. The highest BCUT2D eigenvalue weighted by Gasteiger charge is 2.28. The molecule has 0 amide bonds. The fraction of sp³-hybridized carbons (Fsp3) is 0.125. The molecule has 4 heteroatoms. The molecule has 4 nitrogen and oxygen atoms in total. The second kappa shape index (κ2) is 4.49. The first-order valence-corrected chi connectivity index (χ1v) is 6.11. The minimum Gasteiger partial charge on any atom is -0.497 e. The molecule has 100 valence electrons. The summed E-state index contributed by atoms with van der Waals surface area (Å²) in [7, 11) is 3.09. The molecule has 0 N–H and O–H groups in total. The number of ether oxygens (including phenoxy) is 2. The van der Waals surface area contributed by atoms with Gasteiger partial charge in [-0.2, -0.15) is 0 Å². The number of hydrogen-bond acceptors (Lipinski definition) is 4. The van der Waals surface area contributed by atoms with E-state index in [2.05, 4.69) is 0 Å². The topological polar surface area (TPSA) is 52.6 Å². The second-order valence-corrected chi connectivity index (χ2v) is 4.48. The van der Waals surface area contributed by atoms with Crippen LogP contribution in [0.3, 0.4) is 0 Å². The largest absolute Gasteiger partial charge is 0.497 e. The van der Waals surface area contributed by atoms with Gasteiger partial charge < -0.3 is 9.47 Å². The standard InChI is InChI=1S/C16H12O4/c1-19-10-4-6-11-9(7-10)3-5-12-15(11)14(20-2)8-13(17)16(12)18/h3-8H,1-2H3. The quantitative estimate of drug-likeness (QED) is 0.786. The van der Waals surface area contributed by atoms with E-state index in [-0.39, 0.29) is 0 Å². The maximum Gasteiger partial charge on any atom is 0.233 e. The summed E-state index contributed by atoms with van der Waals surface area (Å²) in [5, 5.41) is 1.78. The Morgan fingerprint density at radius 2 is 1.75 bits per heavy atom. The predicted molar refractivity (Wildman–Crippen MR) is 74.8 cm³/mol. The van der Waals surface area contributed by atoms with Crippen molar-refractivity contribution in [1.29, 1.82) is 0 Å². The van der Waals surface area contributed by atoms with E-state index in [1.54, 1.807) is 19.2 Å². The summed E-state index contributed by atoms with van der Waals surface area (Å²) < 4.78 is 10.4. The summed E-state index contributed by atoms with van der Waals surface area (Å²) >= 11 is 0. The van der Waals surface area contributed by atoms with Crippen LogP contribution in [-0.4, -0.2) is 25.8 Å². The summed E-state index contributed by atoms with van der Waals surface area (Å²) in [4.78, 5) is 23.6. The zero-order valence-electron chi connectivity index (χ0n) is 11.1. The molecule has 0 fully saturated rings. The monoisotopic (exact) mass is 268 g/mol. The number of carbonyl (C=O) groups excluding carboxylic acids is 2. The Kier molecular flexibility index (Phi) is 2.79. The van der Waals surface area contributed by atoms with Crippen LogP contribution in [0, 0.1) is 0 Å². The summed E-state index contributed by atoms with van der Waals surface area (Å²) in [6, 6.07) is 9.02. The molecule has 2 aromatic carbocycles. The van der Waals surface area contributed by atoms with Gasteiger partial charge in [-0.05, 0) is 35.0 Å². The Hall–Kier alpha value is -2.62. The van der Waals surface area contributed by atoms with Gasteiger partial charge in [0.2, 0.25) is 11.6 Å². The van der Waals surface area contributed by atoms with Gasteiger partial charge >= 0.3 is 0 Å². The Balaban J connectivity index is 2.36.